The fourth-order valence-corrected chi connectivity index (χ4v) is 2.00. The Kier molecular flexibility index (Phi) is 2.54. The van der Waals surface area contributed by atoms with Crippen LogP contribution >= 0.6 is 0 Å². The molecule has 1 fully saturated rings. The van der Waals surface area contributed by atoms with Crippen LogP contribution < -0.4 is 5.73 Å². The first-order chi connectivity index (χ1) is 6.98. The third kappa shape index (κ3) is 2.04. The second-order valence-electron chi connectivity index (χ2n) is 5.41. The summed E-state index contributed by atoms with van der Waals surface area (Å²) >= 11 is 0. The first-order valence-corrected chi connectivity index (χ1v) is 5.58. The van der Waals surface area contributed by atoms with Gasteiger partial charge in [0.25, 0.3) is 0 Å². The van der Waals surface area contributed by atoms with E-state index in [1.807, 2.05) is 0 Å². The molecule has 2 atom stereocenters. The topological polar surface area (TPSA) is 64.9 Å². The van der Waals surface area contributed by atoms with Gasteiger partial charge in [-0.3, -0.25) is 0 Å². The third-order valence-electron chi connectivity index (χ3n) is 2.98. The number of hydrogen-bond donors (Lipinski definition) is 1. The summed E-state index contributed by atoms with van der Waals surface area (Å²) in [4.78, 5) is 4.46. The van der Waals surface area contributed by atoms with E-state index in [0.717, 1.165) is 18.7 Å². The molecule has 1 aliphatic carbocycles. The highest BCUT2D eigenvalue weighted by Gasteiger charge is 2.31. The molecule has 1 aromatic rings. The highest BCUT2D eigenvalue weighted by Crippen LogP contribution is 2.32. The smallest absolute Gasteiger partial charge is 0.232 e. The zero-order chi connectivity index (χ0) is 11.1. The maximum atomic E-state index is 6.01. The van der Waals surface area contributed by atoms with Crippen LogP contribution in [0.15, 0.2) is 4.52 Å². The molecule has 2 N–H and O–H groups in total. The van der Waals surface area contributed by atoms with Crippen LogP contribution in [-0.2, 0) is 5.41 Å². The van der Waals surface area contributed by atoms with Crippen molar-refractivity contribution in [2.75, 3.05) is 0 Å². The molecule has 1 heterocycles. The Morgan fingerprint density at radius 1 is 1.33 bits per heavy atom. The van der Waals surface area contributed by atoms with Crippen LogP contribution in [0.3, 0.4) is 0 Å². The van der Waals surface area contributed by atoms with E-state index in [4.69, 9.17) is 10.3 Å². The molecule has 0 saturated heterocycles. The van der Waals surface area contributed by atoms with Gasteiger partial charge in [0.05, 0.1) is 0 Å². The summed E-state index contributed by atoms with van der Waals surface area (Å²) in [5, 5.41) is 4.05. The van der Waals surface area contributed by atoms with Crippen LogP contribution in [0, 0.1) is 0 Å². The molecule has 1 aliphatic rings. The van der Waals surface area contributed by atoms with Crippen LogP contribution in [0.1, 0.15) is 57.7 Å². The lowest BCUT2D eigenvalue weighted by Crippen LogP contribution is -2.23. The number of rotatable bonds is 1. The first kappa shape index (κ1) is 10.6. The second-order valence-corrected chi connectivity index (χ2v) is 5.41. The van der Waals surface area contributed by atoms with E-state index >= 15 is 0 Å². The first-order valence-electron chi connectivity index (χ1n) is 5.58. The molecule has 4 heteroatoms. The molecule has 1 aromatic heterocycles. The summed E-state index contributed by atoms with van der Waals surface area (Å²) in [5.41, 5.74) is 5.93. The van der Waals surface area contributed by atoms with Gasteiger partial charge in [-0.25, -0.2) is 0 Å². The predicted molar refractivity (Wildman–Crippen MR) is 57.6 cm³/mol. The molecule has 1 saturated carbocycles. The summed E-state index contributed by atoms with van der Waals surface area (Å²) in [6, 6.07) is 0.204. The number of nitrogens with zero attached hydrogens (tertiary/aromatic N) is 2. The Morgan fingerprint density at radius 3 is 2.53 bits per heavy atom. The molecule has 0 amide bonds. The monoisotopic (exact) mass is 209 g/mol. The molecule has 4 nitrogen and oxygen atoms in total. The summed E-state index contributed by atoms with van der Waals surface area (Å²) in [5.74, 6) is 1.80. The van der Waals surface area contributed by atoms with Crippen molar-refractivity contribution in [1.82, 2.24) is 10.1 Å². The molecular weight excluding hydrogens is 190 g/mol. The van der Waals surface area contributed by atoms with Crippen LogP contribution in [-0.4, -0.2) is 16.2 Å². The largest absolute Gasteiger partial charge is 0.339 e. The maximum absolute atomic E-state index is 6.01. The molecule has 2 rings (SSSR count). The molecule has 0 radical (unpaired) electrons. The van der Waals surface area contributed by atoms with Gasteiger partial charge in [-0.2, -0.15) is 4.98 Å². The fraction of sp³-hybridized carbons (Fsp3) is 0.818. The van der Waals surface area contributed by atoms with Gasteiger partial charge in [0, 0.05) is 17.4 Å². The van der Waals surface area contributed by atoms with E-state index < -0.39 is 0 Å². The summed E-state index contributed by atoms with van der Waals surface area (Å²) < 4.78 is 5.27. The van der Waals surface area contributed by atoms with Crippen LogP contribution in [0.4, 0.5) is 0 Å². The predicted octanol–water partition coefficient (Wildman–Crippen LogP) is 1.96. The maximum Gasteiger partial charge on any atom is 0.232 e. The Labute approximate surface area is 90.2 Å². The average Bonchev–Trinajstić information content (AvgIpc) is 2.69. The Morgan fingerprint density at radius 2 is 2.07 bits per heavy atom. The van der Waals surface area contributed by atoms with Gasteiger partial charge in [-0.1, -0.05) is 32.3 Å². The molecule has 0 aromatic carbocycles. The van der Waals surface area contributed by atoms with Crippen molar-refractivity contribution in [3.05, 3.63) is 11.7 Å². The molecule has 0 bridgehead atoms. The lowest BCUT2D eigenvalue weighted by molar-refractivity contribution is 0.316. The van der Waals surface area contributed by atoms with Crippen molar-refractivity contribution in [1.29, 1.82) is 0 Å². The lowest BCUT2D eigenvalue weighted by Gasteiger charge is -2.12. The van der Waals surface area contributed by atoms with E-state index in [1.54, 1.807) is 0 Å². The van der Waals surface area contributed by atoms with E-state index in [9.17, 15) is 0 Å². The normalized spacial score (nSPS) is 27.2. The van der Waals surface area contributed by atoms with Gasteiger partial charge in [0.1, 0.15) is 0 Å². The molecular formula is C11H19N3O. The summed E-state index contributed by atoms with van der Waals surface area (Å²) in [7, 11) is 0. The number of nitrogens with two attached hydrogens (primary N) is 1. The van der Waals surface area contributed by atoms with E-state index in [2.05, 4.69) is 30.9 Å². The van der Waals surface area contributed by atoms with E-state index in [0.29, 0.717) is 11.8 Å². The minimum Gasteiger partial charge on any atom is -0.339 e. The highest BCUT2D eigenvalue weighted by atomic mass is 16.5. The van der Waals surface area contributed by atoms with Gasteiger partial charge < -0.3 is 10.3 Å². The SMILES string of the molecule is CC(C)(C)c1nc([C@@H]2CCC[C@@H]2N)no1. The Bertz CT molecular complexity index is 340. The molecule has 15 heavy (non-hydrogen) atoms. The Balaban J connectivity index is 2.20. The minimum absolute atomic E-state index is 0.0754. The van der Waals surface area contributed by atoms with Crippen molar-refractivity contribution in [2.24, 2.45) is 5.73 Å². The fourth-order valence-electron chi connectivity index (χ4n) is 2.00. The zero-order valence-electron chi connectivity index (χ0n) is 9.66. The average molecular weight is 209 g/mol. The molecule has 0 unspecified atom stereocenters. The van der Waals surface area contributed by atoms with Crippen LogP contribution in [0.25, 0.3) is 0 Å². The van der Waals surface area contributed by atoms with Gasteiger partial charge in [-0.05, 0) is 12.8 Å². The molecule has 84 valence electrons. The summed E-state index contributed by atoms with van der Waals surface area (Å²) in [6.45, 7) is 6.20. The van der Waals surface area contributed by atoms with Crippen molar-refractivity contribution >= 4 is 0 Å². The Hall–Kier alpha value is -0.900. The minimum atomic E-state index is -0.0754. The highest BCUT2D eigenvalue weighted by molar-refractivity contribution is 5.06. The second kappa shape index (κ2) is 3.59. The zero-order valence-corrected chi connectivity index (χ0v) is 9.66. The summed E-state index contributed by atoms with van der Waals surface area (Å²) in [6.07, 6.45) is 3.33. The van der Waals surface area contributed by atoms with Crippen LogP contribution in [0.5, 0.6) is 0 Å². The standard InChI is InChI=1S/C11H19N3O/c1-11(2,3)10-13-9(14-15-10)7-5-4-6-8(7)12/h7-8H,4-6,12H2,1-3H3/t7-,8+/m1/s1. The number of hydrogen-bond acceptors (Lipinski definition) is 4. The van der Waals surface area contributed by atoms with Gasteiger partial charge in [-0.15, -0.1) is 0 Å². The van der Waals surface area contributed by atoms with Gasteiger partial charge in [0.15, 0.2) is 5.82 Å². The number of aromatic nitrogens is 2. The van der Waals surface area contributed by atoms with Crippen molar-refractivity contribution in [3.8, 4) is 0 Å². The quantitative estimate of drug-likeness (QED) is 0.768. The lowest BCUT2D eigenvalue weighted by atomic mass is 9.97. The van der Waals surface area contributed by atoms with Gasteiger partial charge >= 0.3 is 0 Å². The van der Waals surface area contributed by atoms with E-state index in [-0.39, 0.29) is 11.5 Å². The van der Waals surface area contributed by atoms with Crippen LogP contribution in [0.2, 0.25) is 0 Å². The van der Waals surface area contributed by atoms with E-state index in [1.165, 1.54) is 6.42 Å². The van der Waals surface area contributed by atoms with Crippen molar-refractivity contribution in [2.45, 2.75) is 57.4 Å². The van der Waals surface area contributed by atoms with Crippen molar-refractivity contribution in [3.63, 3.8) is 0 Å². The molecule has 0 aliphatic heterocycles. The van der Waals surface area contributed by atoms with Crippen molar-refractivity contribution < 1.29 is 4.52 Å². The van der Waals surface area contributed by atoms with Gasteiger partial charge in [0.2, 0.25) is 5.89 Å². The third-order valence-corrected chi connectivity index (χ3v) is 2.98. The molecule has 0 spiro atoms.